The topological polar surface area (TPSA) is 77.9 Å². The molecule has 0 radical (unpaired) electrons. The second-order valence-corrected chi connectivity index (χ2v) is 10.1. The number of rotatable bonds is 7. The lowest BCUT2D eigenvalue weighted by Crippen LogP contribution is -2.37. The number of carbonyl (C=O) groups excluding carboxylic acids is 2. The molecule has 1 fully saturated rings. The molecule has 35 heavy (non-hydrogen) atoms. The zero-order chi connectivity index (χ0) is 24.9. The third kappa shape index (κ3) is 6.17. The number of aromatic carboxylic acids is 1. The zero-order valence-corrected chi connectivity index (χ0v) is 20.9. The standard InChI is InChI=1S/C29H36N2O4/c1-20-4-3-5-26(29(34)35)27(20)19-30-14-12-23-7-8-25(18-24(23)13-15-30)28(33)9-6-22-10-16-31(17-11-22)21(2)32/h3-5,7-8,18,22H,6,9-17,19H2,1-2H3,(H,34,35). The van der Waals surface area contributed by atoms with Crippen LogP contribution in [-0.4, -0.2) is 58.7 Å². The Bertz CT molecular complexity index is 1100. The second kappa shape index (κ2) is 11.2. The summed E-state index contributed by atoms with van der Waals surface area (Å²) in [5, 5.41) is 9.59. The van der Waals surface area contributed by atoms with Crippen molar-refractivity contribution in [3.8, 4) is 0 Å². The van der Waals surface area contributed by atoms with Gasteiger partial charge in [-0.25, -0.2) is 4.79 Å². The Morgan fingerprint density at radius 3 is 2.37 bits per heavy atom. The molecule has 1 saturated heterocycles. The number of benzene rings is 2. The van der Waals surface area contributed by atoms with E-state index < -0.39 is 5.97 Å². The Morgan fingerprint density at radius 1 is 0.971 bits per heavy atom. The number of ketones is 1. The minimum atomic E-state index is -0.880. The molecule has 2 aliphatic heterocycles. The quantitative estimate of drug-likeness (QED) is 0.595. The molecule has 6 nitrogen and oxygen atoms in total. The first-order valence-electron chi connectivity index (χ1n) is 12.8. The van der Waals surface area contributed by atoms with Crippen LogP contribution in [0.3, 0.4) is 0 Å². The minimum absolute atomic E-state index is 0.143. The fraction of sp³-hybridized carbons (Fsp3) is 0.483. The molecule has 0 aliphatic carbocycles. The number of carboxylic acid groups (broad SMARTS) is 1. The minimum Gasteiger partial charge on any atom is -0.478 e. The van der Waals surface area contributed by atoms with Crippen molar-refractivity contribution in [3.05, 3.63) is 69.8 Å². The molecule has 0 spiro atoms. The zero-order valence-electron chi connectivity index (χ0n) is 20.9. The van der Waals surface area contributed by atoms with Crippen LogP contribution in [0.5, 0.6) is 0 Å². The van der Waals surface area contributed by atoms with Gasteiger partial charge < -0.3 is 10.0 Å². The third-order valence-corrected chi connectivity index (χ3v) is 7.78. The molecule has 0 saturated carbocycles. The number of piperidine rings is 1. The van der Waals surface area contributed by atoms with Crippen LogP contribution < -0.4 is 0 Å². The lowest BCUT2D eigenvalue weighted by atomic mass is 9.89. The van der Waals surface area contributed by atoms with Crippen LogP contribution in [0.25, 0.3) is 0 Å². The van der Waals surface area contributed by atoms with E-state index in [-0.39, 0.29) is 11.7 Å². The fourth-order valence-electron chi connectivity index (χ4n) is 5.46. The number of amides is 1. The highest BCUT2D eigenvalue weighted by molar-refractivity contribution is 5.96. The number of hydrogen-bond donors (Lipinski definition) is 1. The van der Waals surface area contributed by atoms with Gasteiger partial charge in [0.15, 0.2) is 5.78 Å². The Labute approximate surface area is 207 Å². The van der Waals surface area contributed by atoms with Gasteiger partial charge in [0.05, 0.1) is 5.56 Å². The van der Waals surface area contributed by atoms with Crippen molar-refractivity contribution in [1.82, 2.24) is 9.80 Å². The van der Waals surface area contributed by atoms with Crippen LogP contribution in [-0.2, 0) is 24.2 Å². The summed E-state index contributed by atoms with van der Waals surface area (Å²) in [5.74, 6) is -0.0198. The molecule has 1 amide bonds. The molecule has 2 aromatic rings. The summed E-state index contributed by atoms with van der Waals surface area (Å²) in [4.78, 5) is 40.4. The molecular weight excluding hydrogens is 440 g/mol. The van der Waals surface area contributed by atoms with Gasteiger partial charge in [0.2, 0.25) is 5.91 Å². The van der Waals surface area contributed by atoms with Gasteiger partial charge in [-0.1, -0.05) is 24.3 Å². The summed E-state index contributed by atoms with van der Waals surface area (Å²) in [6.07, 6.45) is 5.16. The van der Waals surface area contributed by atoms with Gasteiger partial charge in [0.1, 0.15) is 0 Å². The van der Waals surface area contributed by atoms with Crippen molar-refractivity contribution in [2.45, 2.75) is 58.9 Å². The van der Waals surface area contributed by atoms with E-state index in [4.69, 9.17) is 0 Å². The number of likely N-dealkylation sites (tertiary alicyclic amines) is 1. The van der Waals surface area contributed by atoms with Gasteiger partial charge in [0, 0.05) is 51.6 Å². The van der Waals surface area contributed by atoms with E-state index in [9.17, 15) is 19.5 Å². The monoisotopic (exact) mass is 476 g/mol. The molecule has 0 aromatic heterocycles. The number of aryl methyl sites for hydroxylation is 1. The summed E-state index contributed by atoms with van der Waals surface area (Å²) in [6, 6.07) is 11.6. The molecule has 186 valence electrons. The van der Waals surface area contributed by atoms with Crippen molar-refractivity contribution in [2.75, 3.05) is 26.2 Å². The molecule has 4 rings (SSSR count). The van der Waals surface area contributed by atoms with E-state index in [0.29, 0.717) is 24.4 Å². The van der Waals surface area contributed by atoms with Crippen molar-refractivity contribution in [3.63, 3.8) is 0 Å². The van der Waals surface area contributed by atoms with Gasteiger partial charge in [0.25, 0.3) is 0 Å². The second-order valence-electron chi connectivity index (χ2n) is 10.1. The Hall–Kier alpha value is -2.99. The number of hydrogen-bond acceptors (Lipinski definition) is 4. The maximum atomic E-state index is 12.9. The molecule has 0 unspecified atom stereocenters. The van der Waals surface area contributed by atoms with E-state index >= 15 is 0 Å². The van der Waals surface area contributed by atoms with Gasteiger partial charge in [-0.05, 0) is 79.3 Å². The molecule has 2 heterocycles. The summed E-state index contributed by atoms with van der Waals surface area (Å²) in [7, 11) is 0. The number of carbonyl (C=O) groups is 3. The summed E-state index contributed by atoms with van der Waals surface area (Å²) < 4.78 is 0. The molecule has 2 aliphatic rings. The van der Waals surface area contributed by atoms with Crippen LogP contribution in [0.2, 0.25) is 0 Å². The molecule has 6 heteroatoms. The molecule has 1 N–H and O–H groups in total. The third-order valence-electron chi connectivity index (χ3n) is 7.78. The highest BCUT2D eigenvalue weighted by Crippen LogP contribution is 2.25. The van der Waals surface area contributed by atoms with Gasteiger partial charge in [-0.3, -0.25) is 14.5 Å². The molecule has 0 atom stereocenters. The van der Waals surface area contributed by atoms with E-state index in [2.05, 4.69) is 17.0 Å². The Balaban J connectivity index is 1.34. The first-order valence-corrected chi connectivity index (χ1v) is 12.8. The normalized spacial score (nSPS) is 17.0. The highest BCUT2D eigenvalue weighted by atomic mass is 16.4. The number of nitrogens with zero attached hydrogens (tertiary/aromatic N) is 2. The predicted octanol–water partition coefficient (Wildman–Crippen LogP) is 4.52. The van der Waals surface area contributed by atoms with Crippen LogP contribution >= 0.6 is 0 Å². The van der Waals surface area contributed by atoms with Crippen LogP contribution in [0.15, 0.2) is 36.4 Å². The van der Waals surface area contributed by atoms with Gasteiger partial charge in [-0.2, -0.15) is 0 Å². The largest absolute Gasteiger partial charge is 0.478 e. The lowest BCUT2D eigenvalue weighted by molar-refractivity contribution is -0.130. The smallest absolute Gasteiger partial charge is 0.336 e. The van der Waals surface area contributed by atoms with Crippen LogP contribution in [0.1, 0.15) is 75.6 Å². The van der Waals surface area contributed by atoms with Crippen molar-refractivity contribution in [1.29, 1.82) is 0 Å². The summed E-state index contributed by atoms with van der Waals surface area (Å²) >= 11 is 0. The molecule has 0 bridgehead atoms. The van der Waals surface area contributed by atoms with Crippen LogP contribution in [0.4, 0.5) is 0 Å². The Morgan fingerprint density at radius 2 is 1.69 bits per heavy atom. The summed E-state index contributed by atoms with van der Waals surface area (Å²) in [6.45, 7) is 7.53. The van der Waals surface area contributed by atoms with Gasteiger partial charge in [-0.15, -0.1) is 0 Å². The van der Waals surface area contributed by atoms with E-state index in [0.717, 1.165) is 75.0 Å². The average molecular weight is 477 g/mol. The lowest BCUT2D eigenvalue weighted by Gasteiger charge is -2.31. The SMILES string of the molecule is CC(=O)N1CCC(CCC(=O)c2ccc3c(c2)CCN(Cc2c(C)cccc2C(=O)O)CC3)CC1. The highest BCUT2D eigenvalue weighted by Gasteiger charge is 2.23. The molecule has 2 aromatic carbocycles. The maximum absolute atomic E-state index is 12.9. The van der Waals surface area contributed by atoms with E-state index in [1.165, 1.54) is 11.1 Å². The summed E-state index contributed by atoms with van der Waals surface area (Å²) in [5.41, 5.74) is 5.58. The number of Topliss-reactive ketones (excluding diaryl/α,β-unsaturated/α-hetero) is 1. The van der Waals surface area contributed by atoms with Gasteiger partial charge >= 0.3 is 5.97 Å². The first kappa shape index (κ1) is 25.1. The Kier molecular flexibility index (Phi) is 8.01. The first-order chi connectivity index (χ1) is 16.8. The van der Waals surface area contributed by atoms with Crippen molar-refractivity contribution in [2.24, 2.45) is 5.92 Å². The van der Waals surface area contributed by atoms with Crippen molar-refractivity contribution >= 4 is 17.7 Å². The number of carboxylic acids is 1. The maximum Gasteiger partial charge on any atom is 0.336 e. The number of fused-ring (bicyclic) bond motifs is 1. The van der Waals surface area contributed by atoms with Crippen molar-refractivity contribution < 1.29 is 19.5 Å². The van der Waals surface area contributed by atoms with E-state index in [1.807, 2.05) is 24.0 Å². The van der Waals surface area contributed by atoms with E-state index in [1.54, 1.807) is 19.1 Å². The average Bonchev–Trinajstić information content (AvgIpc) is 3.05. The molecular formula is C29H36N2O4. The predicted molar refractivity (Wildman–Crippen MR) is 136 cm³/mol. The fourth-order valence-corrected chi connectivity index (χ4v) is 5.46. The van der Waals surface area contributed by atoms with Crippen LogP contribution in [0, 0.1) is 12.8 Å².